The summed E-state index contributed by atoms with van der Waals surface area (Å²) in [7, 11) is 0. The number of anilines is 2. The van der Waals surface area contributed by atoms with Crippen LogP contribution in [0, 0.1) is 6.08 Å². The van der Waals surface area contributed by atoms with Gasteiger partial charge in [0, 0.05) is 52.1 Å². The molecule has 0 unspecified atom stereocenters. The maximum absolute atomic E-state index is 12.9. The zero-order valence-corrected chi connectivity index (χ0v) is 21.7. The maximum atomic E-state index is 12.9. The number of fused-ring (bicyclic) bond motifs is 1. The number of hydrogen-bond acceptors (Lipinski definition) is 5. The number of nitrogens with one attached hydrogen (secondary N) is 4. The van der Waals surface area contributed by atoms with Crippen molar-refractivity contribution in [3.8, 4) is 11.3 Å². The monoisotopic (exact) mass is 527 g/mol. The minimum Gasteiger partial charge on any atom is -0.360 e. The second kappa shape index (κ2) is 11.5. The van der Waals surface area contributed by atoms with Crippen molar-refractivity contribution >= 4 is 46.0 Å². The highest BCUT2D eigenvalue weighted by Gasteiger charge is 2.25. The summed E-state index contributed by atoms with van der Waals surface area (Å²) in [6.07, 6.45) is 11.1. The molecule has 4 aromatic rings. The lowest BCUT2D eigenvalue weighted by atomic mass is 9.91. The van der Waals surface area contributed by atoms with E-state index in [9.17, 15) is 9.59 Å². The fraction of sp³-hybridized carbons (Fsp3) is 0.241. The summed E-state index contributed by atoms with van der Waals surface area (Å²) in [6.45, 7) is 1.66. The molecule has 1 aliphatic carbocycles. The topological polar surface area (TPSA) is 112 Å². The minimum absolute atomic E-state index is 0.0266. The Morgan fingerprint density at radius 1 is 1.11 bits per heavy atom. The van der Waals surface area contributed by atoms with Gasteiger partial charge in [-0.25, -0.2) is 9.97 Å². The molecule has 5 rings (SSSR count). The predicted octanol–water partition coefficient (Wildman–Crippen LogP) is 5.75. The van der Waals surface area contributed by atoms with Gasteiger partial charge < -0.3 is 20.9 Å². The number of hydrogen-bond donors (Lipinski definition) is 4. The van der Waals surface area contributed by atoms with E-state index >= 15 is 0 Å². The van der Waals surface area contributed by atoms with Gasteiger partial charge in [0.25, 0.3) is 5.91 Å². The lowest BCUT2D eigenvalue weighted by molar-refractivity contribution is -0.111. The third-order valence-corrected chi connectivity index (χ3v) is 6.90. The molecule has 2 aromatic heterocycles. The van der Waals surface area contributed by atoms with Crippen LogP contribution in [-0.2, 0) is 4.79 Å². The molecule has 1 saturated carbocycles. The van der Waals surface area contributed by atoms with Crippen molar-refractivity contribution in [2.45, 2.75) is 44.7 Å². The number of halogens is 1. The summed E-state index contributed by atoms with van der Waals surface area (Å²) in [4.78, 5) is 36.9. The molecule has 0 bridgehead atoms. The van der Waals surface area contributed by atoms with E-state index in [0.717, 1.165) is 42.1 Å². The first-order valence-electron chi connectivity index (χ1n) is 12.6. The molecular formula is C29H28ClN6O2. The molecule has 1 fully saturated rings. The molecule has 9 heteroatoms. The van der Waals surface area contributed by atoms with Crippen LogP contribution < -0.4 is 16.0 Å². The highest BCUT2D eigenvalue weighted by atomic mass is 35.5. The van der Waals surface area contributed by atoms with E-state index in [1.54, 1.807) is 37.4 Å². The molecular weight excluding hydrogens is 500 g/mol. The molecule has 0 aliphatic heterocycles. The first-order valence-corrected chi connectivity index (χ1v) is 13.0. The van der Waals surface area contributed by atoms with Crippen LogP contribution in [0.5, 0.6) is 0 Å². The van der Waals surface area contributed by atoms with Gasteiger partial charge >= 0.3 is 0 Å². The Kier molecular flexibility index (Phi) is 7.70. The average Bonchev–Trinajstić information content (AvgIpc) is 3.34. The number of carbonyl (C=O) groups is 2. The summed E-state index contributed by atoms with van der Waals surface area (Å²) in [5.41, 5.74) is 3.78. The van der Waals surface area contributed by atoms with Crippen molar-refractivity contribution < 1.29 is 9.59 Å². The summed E-state index contributed by atoms with van der Waals surface area (Å²) >= 11 is 6.48. The zero-order chi connectivity index (χ0) is 26.5. The molecule has 1 aliphatic rings. The third kappa shape index (κ3) is 5.86. The number of allylic oxidation sites excluding steroid dienone is 1. The Balaban J connectivity index is 1.22. The van der Waals surface area contributed by atoms with Crippen molar-refractivity contribution in [3.05, 3.63) is 83.7 Å². The van der Waals surface area contributed by atoms with Gasteiger partial charge in [0.2, 0.25) is 11.9 Å². The Morgan fingerprint density at radius 2 is 1.89 bits per heavy atom. The van der Waals surface area contributed by atoms with Crippen LogP contribution in [0.4, 0.5) is 11.6 Å². The Bertz CT molecular complexity index is 1480. The fourth-order valence-electron chi connectivity index (χ4n) is 4.81. The van der Waals surface area contributed by atoms with Crippen LogP contribution in [0.25, 0.3) is 22.2 Å². The van der Waals surface area contributed by atoms with Gasteiger partial charge in [-0.05, 0) is 69.0 Å². The van der Waals surface area contributed by atoms with Gasteiger partial charge in [-0.1, -0.05) is 29.8 Å². The van der Waals surface area contributed by atoms with E-state index in [0.29, 0.717) is 27.9 Å². The van der Waals surface area contributed by atoms with E-state index < -0.39 is 0 Å². The van der Waals surface area contributed by atoms with E-state index in [1.807, 2.05) is 30.5 Å². The van der Waals surface area contributed by atoms with Crippen LogP contribution in [0.3, 0.4) is 0 Å². The Labute approximate surface area is 225 Å². The molecule has 4 N–H and O–H groups in total. The average molecular weight is 528 g/mol. The summed E-state index contributed by atoms with van der Waals surface area (Å²) in [6, 6.07) is 15.0. The standard InChI is InChI=1S/C29H28ClN6O2/c1-2-6-26(37)33-19-13-11-18(12-14-19)28(38)34-20-7-5-8-21(15-20)35-29-32-17-24(30)27(36-29)23-16-31-25-10-4-3-9-22(23)25/h3-4,6,9-14,16-17,20-21,31H,5,7-8,15H2,1H3,(H,33,37)(H,34,38)(H,32,35,36)/t20-,21+/m0/s1. The largest absolute Gasteiger partial charge is 0.360 e. The summed E-state index contributed by atoms with van der Waals surface area (Å²) < 4.78 is 0. The lowest BCUT2D eigenvalue weighted by Crippen LogP contribution is -2.42. The first kappa shape index (κ1) is 25.5. The number of amides is 2. The SMILES string of the molecule is C/[C]=C/C(=O)Nc1ccc(C(=O)N[C@H]2CCC[C@@H](Nc3ncc(Cl)c(-c4c[nH]c5ccccc45)n3)C2)cc1. The third-order valence-electron chi connectivity index (χ3n) is 6.62. The highest BCUT2D eigenvalue weighted by Crippen LogP contribution is 2.32. The zero-order valence-electron chi connectivity index (χ0n) is 20.9. The van der Waals surface area contributed by atoms with Gasteiger partial charge in [-0.3, -0.25) is 9.59 Å². The predicted molar refractivity (Wildman–Crippen MR) is 150 cm³/mol. The number of H-pyrrole nitrogens is 1. The fourth-order valence-corrected chi connectivity index (χ4v) is 5.00. The van der Waals surface area contributed by atoms with Gasteiger partial charge in [0.15, 0.2) is 0 Å². The molecule has 2 amide bonds. The number of para-hydroxylation sites is 1. The van der Waals surface area contributed by atoms with E-state index in [4.69, 9.17) is 16.6 Å². The highest BCUT2D eigenvalue weighted by molar-refractivity contribution is 6.33. The minimum atomic E-state index is -0.260. The summed E-state index contributed by atoms with van der Waals surface area (Å²) in [5, 5.41) is 10.9. The maximum Gasteiger partial charge on any atom is 0.251 e. The first-order chi connectivity index (χ1) is 18.5. The molecule has 2 atom stereocenters. The van der Waals surface area contributed by atoms with Crippen LogP contribution in [0.2, 0.25) is 5.02 Å². The molecule has 2 heterocycles. The van der Waals surface area contributed by atoms with E-state index in [-0.39, 0.29) is 23.9 Å². The van der Waals surface area contributed by atoms with E-state index in [1.165, 1.54) is 6.08 Å². The van der Waals surface area contributed by atoms with Crippen molar-refractivity contribution in [2.24, 2.45) is 0 Å². The van der Waals surface area contributed by atoms with Crippen molar-refractivity contribution in [1.82, 2.24) is 20.3 Å². The van der Waals surface area contributed by atoms with E-state index in [2.05, 4.69) is 32.0 Å². The smallest absolute Gasteiger partial charge is 0.251 e. The van der Waals surface area contributed by atoms with Crippen molar-refractivity contribution in [2.75, 3.05) is 10.6 Å². The van der Waals surface area contributed by atoms with Gasteiger partial charge in [-0.2, -0.15) is 0 Å². The van der Waals surface area contributed by atoms with Gasteiger partial charge in [0.1, 0.15) is 0 Å². The van der Waals surface area contributed by atoms with Crippen molar-refractivity contribution in [1.29, 1.82) is 0 Å². The van der Waals surface area contributed by atoms with Crippen LogP contribution in [0.15, 0.2) is 67.0 Å². The quantitative estimate of drug-likeness (QED) is 0.229. The molecule has 1 radical (unpaired) electrons. The van der Waals surface area contributed by atoms with Gasteiger partial charge in [0.05, 0.1) is 16.9 Å². The number of carbonyl (C=O) groups excluding carboxylic acids is 2. The van der Waals surface area contributed by atoms with Gasteiger partial charge in [-0.15, -0.1) is 0 Å². The molecule has 38 heavy (non-hydrogen) atoms. The normalized spacial score (nSPS) is 17.4. The summed E-state index contributed by atoms with van der Waals surface area (Å²) in [5.74, 6) is 0.114. The number of aromatic amines is 1. The molecule has 8 nitrogen and oxygen atoms in total. The molecule has 193 valence electrons. The van der Waals surface area contributed by atoms with Crippen LogP contribution >= 0.6 is 11.6 Å². The Hall–Kier alpha value is -4.17. The molecule has 2 aromatic carbocycles. The van der Waals surface area contributed by atoms with Crippen LogP contribution in [-0.4, -0.2) is 38.8 Å². The number of nitrogens with zero attached hydrogens (tertiary/aromatic N) is 2. The molecule has 0 spiro atoms. The number of rotatable bonds is 7. The Morgan fingerprint density at radius 3 is 2.71 bits per heavy atom. The van der Waals surface area contributed by atoms with Crippen molar-refractivity contribution in [3.63, 3.8) is 0 Å². The second-order valence-electron chi connectivity index (χ2n) is 9.32. The number of aromatic nitrogens is 3. The van der Waals surface area contributed by atoms with Crippen LogP contribution in [0.1, 0.15) is 43.0 Å². The number of benzene rings is 2. The second-order valence-corrected chi connectivity index (χ2v) is 9.72. The lowest BCUT2D eigenvalue weighted by Gasteiger charge is -2.30. The molecule has 0 saturated heterocycles.